The Hall–Kier alpha value is -2.14. The van der Waals surface area contributed by atoms with Crippen molar-refractivity contribution in [3.8, 4) is 5.75 Å². The van der Waals surface area contributed by atoms with Crippen LogP contribution in [0.3, 0.4) is 0 Å². The van der Waals surface area contributed by atoms with Crippen LogP contribution in [0.5, 0.6) is 5.75 Å². The van der Waals surface area contributed by atoms with Gasteiger partial charge in [-0.2, -0.15) is 0 Å². The Morgan fingerprint density at radius 1 is 1.10 bits per heavy atom. The number of hydrogen-bond donors (Lipinski definition) is 2. The van der Waals surface area contributed by atoms with Crippen LogP contribution in [-0.2, 0) is 0 Å². The zero-order chi connectivity index (χ0) is 14.5. The molecule has 2 rings (SSSR count). The highest BCUT2D eigenvalue weighted by Crippen LogP contribution is 2.29. The highest BCUT2D eigenvalue weighted by molar-refractivity contribution is 5.57. The minimum atomic E-state index is -0.674. The molecule has 106 valence electrons. The molecule has 0 bridgehead atoms. The van der Waals surface area contributed by atoms with Crippen molar-refractivity contribution in [2.75, 3.05) is 19.0 Å². The van der Waals surface area contributed by atoms with E-state index in [2.05, 4.69) is 5.32 Å². The number of ether oxygens (including phenoxy) is 1. The van der Waals surface area contributed by atoms with Crippen LogP contribution in [0.25, 0.3) is 0 Å². The number of rotatable bonds is 5. The van der Waals surface area contributed by atoms with Crippen LogP contribution in [-0.4, -0.2) is 13.7 Å². The van der Waals surface area contributed by atoms with Crippen LogP contribution in [0, 0.1) is 11.6 Å². The van der Waals surface area contributed by atoms with Gasteiger partial charge in [0.15, 0.2) is 0 Å². The Labute approximate surface area is 116 Å². The van der Waals surface area contributed by atoms with Gasteiger partial charge in [-0.1, -0.05) is 18.2 Å². The second-order valence-corrected chi connectivity index (χ2v) is 4.27. The maximum Gasteiger partial charge on any atom is 0.141 e. The van der Waals surface area contributed by atoms with Crippen molar-refractivity contribution in [3.05, 3.63) is 59.7 Å². The second kappa shape index (κ2) is 6.34. The lowest BCUT2D eigenvalue weighted by atomic mass is 10.0. The number of halogens is 2. The van der Waals surface area contributed by atoms with Gasteiger partial charge in [0.2, 0.25) is 0 Å². The third-order valence-corrected chi connectivity index (χ3v) is 3.02. The lowest BCUT2D eigenvalue weighted by Gasteiger charge is -2.21. The van der Waals surface area contributed by atoms with Crippen molar-refractivity contribution in [3.63, 3.8) is 0 Å². The average molecular weight is 278 g/mol. The molecule has 0 heterocycles. The van der Waals surface area contributed by atoms with E-state index in [0.29, 0.717) is 11.4 Å². The summed E-state index contributed by atoms with van der Waals surface area (Å²) >= 11 is 0. The van der Waals surface area contributed by atoms with Crippen molar-refractivity contribution in [1.82, 2.24) is 0 Å². The average Bonchev–Trinajstić information content (AvgIpc) is 2.46. The van der Waals surface area contributed by atoms with E-state index in [0.717, 1.165) is 0 Å². The monoisotopic (exact) mass is 278 g/mol. The molecule has 0 radical (unpaired) electrons. The summed E-state index contributed by atoms with van der Waals surface area (Å²) in [6.45, 7) is 0.0515. The lowest BCUT2D eigenvalue weighted by Crippen LogP contribution is -2.23. The summed E-state index contributed by atoms with van der Waals surface area (Å²) in [4.78, 5) is 0. The van der Waals surface area contributed by atoms with Crippen LogP contribution >= 0.6 is 0 Å². The van der Waals surface area contributed by atoms with Crippen LogP contribution in [0.2, 0.25) is 0 Å². The van der Waals surface area contributed by atoms with Gasteiger partial charge >= 0.3 is 0 Å². The Balaban J connectivity index is 2.34. The van der Waals surface area contributed by atoms with Gasteiger partial charge in [0.05, 0.1) is 18.8 Å². The van der Waals surface area contributed by atoms with Gasteiger partial charge in [-0.15, -0.1) is 0 Å². The number of methoxy groups -OCH3 is 1. The van der Waals surface area contributed by atoms with Crippen molar-refractivity contribution < 1.29 is 13.5 Å². The zero-order valence-electron chi connectivity index (χ0n) is 11.1. The highest BCUT2D eigenvalue weighted by Gasteiger charge is 2.19. The smallest absolute Gasteiger partial charge is 0.141 e. The first-order valence-electron chi connectivity index (χ1n) is 6.21. The Morgan fingerprint density at radius 3 is 2.35 bits per heavy atom. The Bertz CT molecular complexity index is 570. The quantitative estimate of drug-likeness (QED) is 0.883. The summed E-state index contributed by atoms with van der Waals surface area (Å²) in [5.74, 6) is -0.659. The van der Waals surface area contributed by atoms with E-state index in [1.54, 1.807) is 18.2 Å². The molecule has 20 heavy (non-hydrogen) atoms. The highest BCUT2D eigenvalue weighted by atomic mass is 19.1. The molecule has 0 amide bonds. The first-order chi connectivity index (χ1) is 9.67. The van der Waals surface area contributed by atoms with Crippen LogP contribution in [0.15, 0.2) is 42.5 Å². The van der Waals surface area contributed by atoms with Gasteiger partial charge in [0.1, 0.15) is 17.4 Å². The van der Waals surface area contributed by atoms with E-state index >= 15 is 0 Å². The van der Waals surface area contributed by atoms with Crippen molar-refractivity contribution in [2.45, 2.75) is 6.04 Å². The van der Waals surface area contributed by atoms with Gasteiger partial charge in [-0.25, -0.2) is 8.78 Å². The first-order valence-corrected chi connectivity index (χ1v) is 6.21. The minimum absolute atomic E-state index is 0.0515. The summed E-state index contributed by atoms with van der Waals surface area (Å²) in [7, 11) is 1.53. The van der Waals surface area contributed by atoms with Gasteiger partial charge in [-0.3, -0.25) is 0 Å². The molecule has 0 saturated heterocycles. The number of hydrogen-bond acceptors (Lipinski definition) is 3. The number of para-hydroxylation sites is 2. The Kier molecular flexibility index (Phi) is 4.53. The Morgan fingerprint density at radius 2 is 1.75 bits per heavy atom. The number of nitrogens with two attached hydrogens (primary N) is 1. The third-order valence-electron chi connectivity index (χ3n) is 3.02. The van der Waals surface area contributed by atoms with Gasteiger partial charge in [0, 0.05) is 12.1 Å². The molecule has 0 spiro atoms. The molecule has 0 saturated carbocycles. The second-order valence-electron chi connectivity index (χ2n) is 4.27. The summed E-state index contributed by atoms with van der Waals surface area (Å²) < 4.78 is 32.8. The fraction of sp³-hybridized carbons (Fsp3) is 0.200. The number of nitrogens with one attached hydrogen (secondary N) is 1. The first kappa shape index (κ1) is 14.3. The van der Waals surface area contributed by atoms with Crippen LogP contribution < -0.4 is 15.8 Å². The predicted octanol–water partition coefficient (Wildman–Crippen LogP) is 3.09. The molecule has 3 nitrogen and oxygen atoms in total. The predicted molar refractivity (Wildman–Crippen MR) is 74.8 cm³/mol. The van der Waals surface area contributed by atoms with Crippen LogP contribution in [0.4, 0.5) is 14.5 Å². The normalized spacial score (nSPS) is 12.0. The van der Waals surface area contributed by atoms with E-state index in [4.69, 9.17) is 10.5 Å². The molecule has 0 aliphatic heterocycles. The maximum absolute atomic E-state index is 13.8. The molecule has 0 aromatic heterocycles. The van der Waals surface area contributed by atoms with Crippen LogP contribution in [0.1, 0.15) is 11.6 Å². The van der Waals surface area contributed by atoms with E-state index < -0.39 is 17.7 Å². The molecule has 3 N–H and O–H groups in total. The number of benzene rings is 2. The molecule has 2 aromatic rings. The van der Waals surface area contributed by atoms with Crippen molar-refractivity contribution >= 4 is 5.69 Å². The summed E-state index contributed by atoms with van der Waals surface area (Å²) in [5.41, 5.74) is 6.21. The molecular weight excluding hydrogens is 262 g/mol. The summed E-state index contributed by atoms with van der Waals surface area (Å²) in [5, 5.41) is 3.02. The lowest BCUT2D eigenvalue weighted by molar-refractivity contribution is 0.415. The molecule has 0 aliphatic rings. The molecule has 1 atom stereocenters. The zero-order valence-corrected chi connectivity index (χ0v) is 11.1. The van der Waals surface area contributed by atoms with Gasteiger partial charge < -0.3 is 15.8 Å². The van der Waals surface area contributed by atoms with Gasteiger partial charge in [0.25, 0.3) is 0 Å². The van der Waals surface area contributed by atoms with E-state index in [1.165, 1.54) is 25.3 Å². The topological polar surface area (TPSA) is 47.3 Å². The van der Waals surface area contributed by atoms with Crippen molar-refractivity contribution in [2.24, 2.45) is 5.73 Å². The van der Waals surface area contributed by atoms with Gasteiger partial charge in [-0.05, 0) is 24.3 Å². The maximum atomic E-state index is 13.8. The largest absolute Gasteiger partial charge is 0.495 e. The van der Waals surface area contributed by atoms with Crippen molar-refractivity contribution in [1.29, 1.82) is 0 Å². The molecule has 0 aliphatic carbocycles. The molecule has 1 unspecified atom stereocenters. The van der Waals surface area contributed by atoms with E-state index in [1.807, 2.05) is 6.07 Å². The van der Waals surface area contributed by atoms with E-state index in [-0.39, 0.29) is 12.1 Å². The number of anilines is 1. The summed E-state index contributed by atoms with van der Waals surface area (Å²) in [6, 6.07) is 10.2. The molecular formula is C15H16F2N2O. The minimum Gasteiger partial charge on any atom is -0.495 e. The molecule has 0 fully saturated rings. The standard InChI is InChI=1S/C15H16F2N2O/c1-20-14-8-3-2-7-12(14)19-13(9-18)15-10(16)5-4-6-11(15)17/h2-8,13,19H,9,18H2,1H3. The summed E-state index contributed by atoms with van der Waals surface area (Å²) in [6.07, 6.45) is 0. The molecule has 2 aromatic carbocycles. The fourth-order valence-electron chi connectivity index (χ4n) is 2.04. The fourth-order valence-corrected chi connectivity index (χ4v) is 2.04. The third kappa shape index (κ3) is 2.88. The SMILES string of the molecule is COc1ccccc1NC(CN)c1c(F)cccc1F. The molecule has 5 heteroatoms. The van der Waals surface area contributed by atoms with E-state index in [9.17, 15) is 8.78 Å².